The van der Waals surface area contributed by atoms with Crippen molar-refractivity contribution in [3.05, 3.63) is 56.7 Å². The molecule has 0 fully saturated rings. The van der Waals surface area contributed by atoms with Crippen LogP contribution in [0.15, 0.2) is 35.7 Å². The van der Waals surface area contributed by atoms with Gasteiger partial charge in [-0.05, 0) is 54.2 Å². The number of nitrogens with two attached hydrogens (primary N) is 1. The third kappa shape index (κ3) is 2.71. The quantitative estimate of drug-likeness (QED) is 0.854. The van der Waals surface area contributed by atoms with Crippen molar-refractivity contribution in [2.75, 3.05) is 0 Å². The van der Waals surface area contributed by atoms with Crippen molar-refractivity contribution in [2.45, 2.75) is 37.6 Å². The topological polar surface area (TPSA) is 26.0 Å². The van der Waals surface area contributed by atoms with E-state index in [9.17, 15) is 0 Å². The summed E-state index contributed by atoms with van der Waals surface area (Å²) < 4.78 is 0. The lowest BCUT2D eigenvalue weighted by Gasteiger charge is -2.27. The summed E-state index contributed by atoms with van der Waals surface area (Å²) in [5.74, 6) is 0.582. The van der Waals surface area contributed by atoms with Crippen LogP contribution in [0.5, 0.6) is 0 Å². The molecule has 0 radical (unpaired) electrons. The van der Waals surface area contributed by atoms with Crippen molar-refractivity contribution < 1.29 is 0 Å². The van der Waals surface area contributed by atoms with Crippen LogP contribution in [0.1, 0.15) is 47.2 Å². The number of hydrogen-bond donors (Lipinski definition) is 1. The molecule has 0 spiro atoms. The third-order valence-corrected chi connectivity index (χ3v) is 5.50. The van der Waals surface area contributed by atoms with Crippen LogP contribution in [0.25, 0.3) is 0 Å². The van der Waals surface area contributed by atoms with E-state index in [1.165, 1.54) is 30.4 Å². The van der Waals surface area contributed by atoms with Crippen LogP contribution in [-0.2, 0) is 6.42 Å². The minimum Gasteiger partial charge on any atom is -0.323 e. The van der Waals surface area contributed by atoms with Crippen LogP contribution in [-0.4, -0.2) is 0 Å². The van der Waals surface area contributed by atoms with E-state index in [-0.39, 0.29) is 6.04 Å². The van der Waals surface area contributed by atoms with Gasteiger partial charge in [-0.3, -0.25) is 0 Å². The molecule has 3 heteroatoms. The highest BCUT2D eigenvalue weighted by molar-refractivity contribution is 7.10. The van der Waals surface area contributed by atoms with Gasteiger partial charge in [0.15, 0.2) is 0 Å². The lowest BCUT2D eigenvalue weighted by molar-refractivity contribution is 0.479. The molecule has 0 bridgehead atoms. The van der Waals surface area contributed by atoms with Crippen LogP contribution in [0.2, 0.25) is 5.02 Å². The molecule has 3 rings (SSSR count). The van der Waals surface area contributed by atoms with Crippen LogP contribution in [0.4, 0.5) is 0 Å². The fraction of sp³-hybridized carbons (Fsp3) is 0.375. The summed E-state index contributed by atoms with van der Waals surface area (Å²) in [5.41, 5.74) is 9.35. The summed E-state index contributed by atoms with van der Waals surface area (Å²) in [6.07, 6.45) is 4.72. The van der Waals surface area contributed by atoms with Gasteiger partial charge >= 0.3 is 0 Å². The molecular formula is C16H18ClNS. The lowest BCUT2D eigenvalue weighted by Crippen LogP contribution is -2.17. The van der Waals surface area contributed by atoms with Gasteiger partial charge in [-0.2, -0.15) is 0 Å². The summed E-state index contributed by atoms with van der Waals surface area (Å²) >= 11 is 7.85. The van der Waals surface area contributed by atoms with Gasteiger partial charge in [-0.15, -0.1) is 11.3 Å². The van der Waals surface area contributed by atoms with E-state index < -0.39 is 0 Å². The smallest absolute Gasteiger partial charge is 0.0561 e. The van der Waals surface area contributed by atoms with E-state index in [4.69, 9.17) is 17.3 Å². The summed E-state index contributed by atoms with van der Waals surface area (Å²) in [6.45, 7) is 0. The monoisotopic (exact) mass is 291 g/mol. The Labute approximate surface area is 123 Å². The minimum atomic E-state index is 0.0589. The molecule has 2 unspecified atom stereocenters. The third-order valence-electron chi connectivity index (χ3n) is 4.01. The SMILES string of the molecule is NC(CC1CCCc2ccccc21)c1sccc1Cl. The number of fused-ring (bicyclic) bond motifs is 1. The van der Waals surface area contributed by atoms with Crippen molar-refractivity contribution in [2.24, 2.45) is 5.73 Å². The second kappa shape index (κ2) is 5.66. The van der Waals surface area contributed by atoms with Crippen molar-refractivity contribution >= 4 is 22.9 Å². The Morgan fingerprint density at radius 1 is 1.32 bits per heavy atom. The van der Waals surface area contributed by atoms with E-state index in [1.807, 2.05) is 11.4 Å². The van der Waals surface area contributed by atoms with E-state index >= 15 is 0 Å². The second-order valence-electron chi connectivity index (χ2n) is 5.26. The van der Waals surface area contributed by atoms with Crippen molar-refractivity contribution in [1.82, 2.24) is 0 Å². The molecule has 100 valence electrons. The summed E-state index contributed by atoms with van der Waals surface area (Å²) in [5, 5.41) is 2.84. The van der Waals surface area contributed by atoms with Gasteiger partial charge in [0.05, 0.1) is 5.02 Å². The summed E-state index contributed by atoms with van der Waals surface area (Å²) in [4.78, 5) is 1.13. The van der Waals surface area contributed by atoms with Gasteiger partial charge < -0.3 is 5.73 Å². The van der Waals surface area contributed by atoms with Gasteiger partial charge in [-0.1, -0.05) is 35.9 Å². The van der Waals surface area contributed by atoms with Crippen molar-refractivity contribution in [3.63, 3.8) is 0 Å². The fourth-order valence-corrected chi connectivity index (χ4v) is 4.30. The molecule has 1 aromatic heterocycles. The Balaban J connectivity index is 1.80. The van der Waals surface area contributed by atoms with E-state index in [0.29, 0.717) is 5.92 Å². The number of thiophene rings is 1. The summed E-state index contributed by atoms with van der Waals surface area (Å²) in [6, 6.07) is 10.8. The van der Waals surface area contributed by atoms with Gasteiger partial charge in [-0.25, -0.2) is 0 Å². The van der Waals surface area contributed by atoms with Crippen molar-refractivity contribution in [3.8, 4) is 0 Å². The fourth-order valence-electron chi connectivity index (χ4n) is 3.08. The average Bonchev–Trinajstić information content (AvgIpc) is 2.85. The minimum absolute atomic E-state index is 0.0589. The second-order valence-corrected chi connectivity index (χ2v) is 6.62. The molecule has 1 heterocycles. The van der Waals surface area contributed by atoms with Gasteiger partial charge in [0.2, 0.25) is 0 Å². The molecule has 1 nitrogen and oxygen atoms in total. The Morgan fingerprint density at radius 3 is 2.95 bits per heavy atom. The first-order valence-corrected chi connectivity index (χ1v) is 8.07. The van der Waals surface area contributed by atoms with Crippen molar-refractivity contribution in [1.29, 1.82) is 0 Å². The molecule has 19 heavy (non-hydrogen) atoms. The van der Waals surface area contributed by atoms with Crippen LogP contribution >= 0.6 is 22.9 Å². The molecule has 1 aromatic carbocycles. The Morgan fingerprint density at radius 2 is 2.16 bits per heavy atom. The Bertz CT molecular complexity index is 563. The molecule has 0 aliphatic heterocycles. The molecule has 0 saturated carbocycles. The molecule has 1 aliphatic rings. The molecule has 2 aromatic rings. The first kappa shape index (κ1) is 13.2. The average molecular weight is 292 g/mol. The lowest BCUT2D eigenvalue weighted by atomic mass is 9.79. The Kier molecular flexibility index (Phi) is 3.92. The number of halogens is 1. The largest absolute Gasteiger partial charge is 0.323 e. The molecule has 0 amide bonds. The zero-order chi connectivity index (χ0) is 13.2. The normalized spacial score (nSPS) is 20.0. The maximum absolute atomic E-state index is 6.35. The number of aryl methyl sites for hydroxylation is 1. The molecule has 2 N–H and O–H groups in total. The first-order valence-electron chi connectivity index (χ1n) is 6.82. The van der Waals surface area contributed by atoms with Gasteiger partial charge in [0, 0.05) is 10.9 Å². The highest BCUT2D eigenvalue weighted by Gasteiger charge is 2.23. The highest BCUT2D eigenvalue weighted by atomic mass is 35.5. The Hall–Kier alpha value is -0.830. The molecule has 2 atom stereocenters. The molecule has 0 saturated heterocycles. The predicted octanol–water partition coefficient (Wildman–Crippen LogP) is 4.91. The van der Waals surface area contributed by atoms with Gasteiger partial charge in [0.1, 0.15) is 0 Å². The number of rotatable bonds is 3. The van der Waals surface area contributed by atoms with Crippen LogP contribution < -0.4 is 5.73 Å². The predicted molar refractivity (Wildman–Crippen MR) is 83.0 cm³/mol. The molecular weight excluding hydrogens is 274 g/mol. The van der Waals surface area contributed by atoms with E-state index in [1.54, 1.807) is 11.3 Å². The maximum atomic E-state index is 6.35. The maximum Gasteiger partial charge on any atom is 0.0561 e. The van der Waals surface area contributed by atoms with E-state index in [2.05, 4.69) is 24.3 Å². The first-order chi connectivity index (χ1) is 9.25. The van der Waals surface area contributed by atoms with Gasteiger partial charge in [0.25, 0.3) is 0 Å². The van der Waals surface area contributed by atoms with E-state index in [0.717, 1.165) is 16.3 Å². The zero-order valence-electron chi connectivity index (χ0n) is 10.8. The summed E-state index contributed by atoms with van der Waals surface area (Å²) in [7, 11) is 0. The number of hydrogen-bond acceptors (Lipinski definition) is 2. The van der Waals surface area contributed by atoms with Crippen LogP contribution in [0, 0.1) is 0 Å². The van der Waals surface area contributed by atoms with Crippen LogP contribution in [0.3, 0.4) is 0 Å². The zero-order valence-corrected chi connectivity index (χ0v) is 12.4. The number of benzene rings is 1. The molecule has 1 aliphatic carbocycles. The standard InChI is InChI=1S/C16H18ClNS/c17-14-8-9-19-16(14)15(18)10-12-6-3-5-11-4-1-2-7-13(11)12/h1-2,4,7-9,12,15H,3,5-6,10,18H2. The highest BCUT2D eigenvalue weighted by Crippen LogP contribution is 2.39.